The maximum absolute atomic E-state index is 15.4. The summed E-state index contributed by atoms with van der Waals surface area (Å²) >= 11 is 0. The Morgan fingerprint density at radius 1 is 1.10 bits per heavy atom. The highest BCUT2D eigenvalue weighted by molar-refractivity contribution is 6.00. The standard InChI is InChI=1S/C35H38FN5O4.C2H6O.C2H6/c1-21-15-28(39-30-12-11-24(20-37-30)45-14-8-13-42)32(43)40-35(5,6)18-26-25(21)9-7-10-29(26)41-33(44)31-22(19-38-41)16-23(17-27(31)36)34(2,3)4;1-2-3;1-2/h7,9-12,15-17,19-20,42H,1,8,13-14,18H2,2-6H3,(H,37,39)(H,40,43);3H,2H2,1H3;1-2H3/b28-15+;;. The highest BCUT2D eigenvalue weighted by Gasteiger charge is 2.29. The number of aliphatic hydroxyl groups excluding tert-OH is 2. The van der Waals surface area contributed by atoms with Crippen LogP contribution in [0.2, 0.25) is 0 Å². The van der Waals surface area contributed by atoms with Gasteiger partial charge in [-0.1, -0.05) is 53.3 Å². The zero-order valence-electron chi connectivity index (χ0n) is 30.4. The van der Waals surface area contributed by atoms with E-state index in [2.05, 4.69) is 27.3 Å². The van der Waals surface area contributed by atoms with Crippen LogP contribution in [0.4, 0.5) is 10.2 Å². The fourth-order valence-corrected chi connectivity index (χ4v) is 5.30. The van der Waals surface area contributed by atoms with E-state index in [1.807, 2.05) is 60.6 Å². The van der Waals surface area contributed by atoms with Crippen molar-refractivity contribution >= 4 is 28.1 Å². The average Bonchev–Trinajstić information content (AvgIpc) is 3.09. The zero-order chi connectivity index (χ0) is 37.2. The summed E-state index contributed by atoms with van der Waals surface area (Å²) in [6.07, 6.45) is 5.53. The van der Waals surface area contributed by atoms with Crippen LogP contribution >= 0.6 is 0 Å². The van der Waals surface area contributed by atoms with E-state index < -0.39 is 16.9 Å². The normalized spacial score (nSPS) is 15.0. The number of nitrogens with one attached hydrogen (secondary N) is 2. The Bertz CT molecular complexity index is 1890. The number of carbonyl (C=O) groups is 1. The topological polar surface area (TPSA) is 139 Å². The summed E-state index contributed by atoms with van der Waals surface area (Å²) in [5, 5.41) is 27.6. The first kappa shape index (κ1) is 39.6. The molecular weight excluding hydrogens is 637 g/mol. The maximum Gasteiger partial charge on any atom is 0.282 e. The number of hydrogen-bond donors (Lipinski definition) is 4. The number of hydrogen-bond acceptors (Lipinski definition) is 8. The number of benzene rings is 2. The molecule has 11 heteroatoms. The second-order valence-corrected chi connectivity index (χ2v) is 13.2. The summed E-state index contributed by atoms with van der Waals surface area (Å²) < 4.78 is 22.2. The molecule has 268 valence electrons. The first-order valence-corrected chi connectivity index (χ1v) is 16.8. The molecule has 0 fully saturated rings. The first-order chi connectivity index (χ1) is 23.7. The lowest BCUT2D eigenvalue weighted by Gasteiger charge is -2.28. The van der Waals surface area contributed by atoms with Gasteiger partial charge in [0, 0.05) is 30.6 Å². The molecule has 2 aromatic heterocycles. The predicted octanol–water partition coefficient (Wildman–Crippen LogP) is 6.46. The number of ether oxygens (including phenoxy) is 1. The van der Waals surface area contributed by atoms with Crippen LogP contribution < -0.4 is 20.9 Å². The van der Waals surface area contributed by atoms with Crippen molar-refractivity contribution in [3.63, 3.8) is 0 Å². The summed E-state index contributed by atoms with van der Waals surface area (Å²) in [6, 6.07) is 12.1. The molecule has 1 amide bonds. The molecule has 2 aromatic carbocycles. The number of aliphatic hydroxyl groups is 2. The number of halogens is 1. The Morgan fingerprint density at radius 2 is 1.80 bits per heavy atom. The van der Waals surface area contributed by atoms with Gasteiger partial charge in [-0.15, -0.1) is 0 Å². The number of pyridine rings is 1. The average molecular weight is 688 g/mol. The molecule has 0 radical (unpaired) electrons. The van der Waals surface area contributed by atoms with E-state index >= 15 is 4.39 Å². The van der Waals surface area contributed by atoms with Crippen LogP contribution in [0.3, 0.4) is 0 Å². The van der Waals surface area contributed by atoms with Crippen molar-refractivity contribution in [2.75, 3.05) is 25.1 Å². The minimum absolute atomic E-state index is 0.0336. The van der Waals surface area contributed by atoms with Gasteiger partial charge in [-0.3, -0.25) is 9.59 Å². The number of rotatable bonds is 7. The predicted molar refractivity (Wildman–Crippen MR) is 198 cm³/mol. The van der Waals surface area contributed by atoms with E-state index in [0.717, 1.165) is 11.1 Å². The Labute approximate surface area is 293 Å². The third-order valence-corrected chi connectivity index (χ3v) is 7.63. The summed E-state index contributed by atoms with van der Waals surface area (Å²) in [6.45, 7) is 20.3. The largest absolute Gasteiger partial charge is 0.492 e. The van der Waals surface area contributed by atoms with Crippen LogP contribution in [0.1, 0.15) is 78.5 Å². The number of nitrogens with zero attached hydrogens (tertiary/aromatic N) is 3. The zero-order valence-corrected chi connectivity index (χ0v) is 30.4. The minimum atomic E-state index is -0.765. The van der Waals surface area contributed by atoms with Gasteiger partial charge < -0.3 is 25.6 Å². The van der Waals surface area contributed by atoms with Crippen molar-refractivity contribution in [2.45, 2.75) is 79.2 Å². The molecule has 1 aliphatic rings. The van der Waals surface area contributed by atoms with Gasteiger partial charge in [0.25, 0.3) is 11.5 Å². The lowest BCUT2D eigenvalue weighted by molar-refractivity contribution is -0.118. The smallest absolute Gasteiger partial charge is 0.282 e. The van der Waals surface area contributed by atoms with Gasteiger partial charge >= 0.3 is 0 Å². The molecule has 0 unspecified atom stereocenters. The van der Waals surface area contributed by atoms with Crippen molar-refractivity contribution in [3.8, 4) is 11.4 Å². The van der Waals surface area contributed by atoms with Crippen molar-refractivity contribution in [1.82, 2.24) is 20.1 Å². The van der Waals surface area contributed by atoms with E-state index in [9.17, 15) is 9.59 Å². The maximum atomic E-state index is 15.4. The SMILES string of the molecule is C=C1/C=C(/Nc2ccc(OCCCO)cn2)C(=O)NC(C)(C)Cc2c1cccc2-n1ncc2cc(C(C)(C)C)cc(F)c2c1=O.CC.CCO. The summed E-state index contributed by atoms with van der Waals surface area (Å²) in [5.74, 6) is 0.00997. The molecule has 4 N–H and O–H groups in total. The Kier molecular flexibility index (Phi) is 13.6. The summed E-state index contributed by atoms with van der Waals surface area (Å²) in [5.41, 5.74) is 1.82. The minimum Gasteiger partial charge on any atom is -0.492 e. The van der Waals surface area contributed by atoms with Crippen molar-refractivity contribution < 1.29 is 24.1 Å². The number of amides is 1. The molecule has 0 spiro atoms. The quantitative estimate of drug-likeness (QED) is 0.162. The molecule has 1 aliphatic heterocycles. The third kappa shape index (κ3) is 9.64. The van der Waals surface area contributed by atoms with Gasteiger partial charge in [-0.2, -0.15) is 9.78 Å². The number of carbonyl (C=O) groups excluding carboxylic acids is 1. The molecule has 0 atom stereocenters. The van der Waals surface area contributed by atoms with Crippen LogP contribution in [0.25, 0.3) is 22.0 Å². The van der Waals surface area contributed by atoms with Gasteiger partial charge in [0.1, 0.15) is 23.1 Å². The molecule has 4 aromatic rings. The van der Waals surface area contributed by atoms with Gasteiger partial charge in [-0.25, -0.2) is 9.37 Å². The van der Waals surface area contributed by atoms with E-state index in [4.69, 9.17) is 14.9 Å². The molecule has 0 bridgehead atoms. The van der Waals surface area contributed by atoms with Gasteiger partial charge in [0.2, 0.25) is 0 Å². The Morgan fingerprint density at radius 3 is 2.42 bits per heavy atom. The van der Waals surface area contributed by atoms with Gasteiger partial charge in [0.15, 0.2) is 0 Å². The summed E-state index contributed by atoms with van der Waals surface area (Å²) in [7, 11) is 0. The van der Waals surface area contributed by atoms with Crippen LogP contribution in [0, 0.1) is 5.82 Å². The van der Waals surface area contributed by atoms with Gasteiger partial charge in [0.05, 0.1) is 30.1 Å². The van der Waals surface area contributed by atoms with Crippen LogP contribution in [-0.4, -0.2) is 56.2 Å². The fraction of sp³-hybridized carbons (Fsp3) is 0.385. The molecule has 0 aliphatic carbocycles. The number of fused-ring (bicyclic) bond motifs is 2. The Balaban J connectivity index is 0.00000128. The van der Waals surface area contributed by atoms with E-state index in [1.54, 1.807) is 37.3 Å². The molecule has 5 rings (SSSR count). The number of allylic oxidation sites excluding steroid dienone is 2. The van der Waals surface area contributed by atoms with E-state index in [1.165, 1.54) is 23.1 Å². The monoisotopic (exact) mass is 687 g/mol. The van der Waals surface area contributed by atoms with E-state index in [-0.39, 0.29) is 35.6 Å². The van der Waals surface area contributed by atoms with Crippen LogP contribution in [0.15, 0.2) is 78.0 Å². The second-order valence-electron chi connectivity index (χ2n) is 13.2. The second kappa shape index (κ2) is 17.2. The number of anilines is 1. The molecule has 50 heavy (non-hydrogen) atoms. The van der Waals surface area contributed by atoms with Crippen LogP contribution in [0.5, 0.6) is 5.75 Å². The lowest BCUT2D eigenvalue weighted by atomic mass is 9.86. The molecule has 0 saturated heterocycles. The third-order valence-electron chi connectivity index (χ3n) is 7.63. The highest BCUT2D eigenvalue weighted by atomic mass is 19.1. The van der Waals surface area contributed by atoms with Crippen molar-refractivity contribution in [1.29, 1.82) is 0 Å². The molecule has 0 saturated carbocycles. The summed E-state index contributed by atoms with van der Waals surface area (Å²) in [4.78, 5) is 31.6. The van der Waals surface area contributed by atoms with Crippen molar-refractivity contribution in [3.05, 3.63) is 106 Å². The fourth-order valence-electron chi connectivity index (χ4n) is 5.30. The lowest BCUT2D eigenvalue weighted by Crippen LogP contribution is -2.46. The highest BCUT2D eigenvalue weighted by Crippen LogP contribution is 2.32. The van der Waals surface area contributed by atoms with Gasteiger partial charge in [-0.05, 0) is 91.3 Å². The molecule has 3 heterocycles. The molecular formula is C39H50FN5O5. The van der Waals surface area contributed by atoms with Crippen LogP contribution in [-0.2, 0) is 16.6 Å². The van der Waals surface area contributed by atoms with E-state index in [0.29, 0.717) is 53.2 Å². The molecule has 10 nitrogen and oxygen atoms in total. The van der Waals surface area contributed by atoms with Crippen molar-refractivity contribution in [2.24, 2.45) is 0 Å². The first-order valence-electron chi connectivity index (χ1n) is 16.8. The Hall–Kier alpha value is -4.87. The number of aromatic nitrogens is 3.